The number of carbonyl (C=O) groups excluding carboxylic acids is 3. The Hall–Kier alpha value is -2.37. The van der Waals surface area contributed by atoms with Crippen molar-refractivity contribution >= 4 is 23.5 Å². The molecule has 1 N–H and O–H groups in total. The molecule has 6 heteroatoms. The summed E-state index contributed by atoms with van der Waals surface area (Å²) in [5.74, 6) is -1.25. The van der Waals surface area contributed by atoms with Gasteiger partial charge in [0, 0.05) is 24.7 Å². The van der Waals surface area contributed by atoms with Crippen LogP contribution in [0.5, 0.6) is 0 Å². The largest absolute Gasteiger partial charge is 0.455 e. The van der Waals surface area contributed by atoms with Crippen LogP contribution in [0.1, 0.15) is 51.0 Å². The number of para-hydroxylation sites is 1. The van der Waals surface area contributed by atoms with Gasteiger partial charge in [-0.2, -0.15) is 0 Å². The minimum absolute atomic E-state index is 0.0326. The Bertz CT molecular complexity index is 697. The van der Waals surface area contributed by atoms with Crippen molar-refractivity contribution in [2.75, 3.05) is 18.5 Å². The lowest BCUT2D eigenvalue weighted by Gasteiger charge is -2.31. The number of nitrogens with zero attached hydrogens (tertiary/aromatic N) is 1. The van der Waals surface area contributed by atoms with Crippen LogP contribution in [0.3, 0.4) is 0 Å². The number of rotatable bonds is 6. The number of hydrogen-bond donors (Lipinski definition) is 1. The van der Waals surface area contributed by atoms with E-state index in [4.69, 9.17) is 4.74 Å². The Labute approximate surface area is 160 Å². The standard InChI is InChI=1S/C21H28N2O4/c1-2-15-8-6-7-11-18(15)22-19(24)14-27-21(26)16-12-20(25)23(13-16)17-9-4-3-5-10-17/h6-8,11,16-17H,2-5,9-10,12-14H2,1H3,(H,22,24)/t16-/m1/s1. The number of likely N-dealkylation sites (tertiary alicyclic amines) is 1. The third-order valence-corrected chi connectivity index (χ3v) is 5.53. The number of aryl methyl sites for hydroxylation is 1. The molecule has 1 atom stereocenters. The number of hydrogen-bond acceptors (Lipinski definition) is 4. The Balaban J connectivity index is 1.47. The summed E-state index contributed by atoms with van der Waals surface area (Å²) < 4.78 is 5.19. The molecule has 2 amide bonds. The first-order chi connectivity index (χ1) is 13.1. The summed E-state index contributed by atoms with van der Waals surface area (Å²) in [6.45, 7) is 2.10. The van der Waals surface area contributed by atoms with Crippen LogP contribution in [0.25, 0.3) is 0 Å². The monoisotopic (exact) mass is 372 g/mol. The maximum atomic E-state index is 12.3. The first kappa shape index (κ1) is 19.4. The van der Waals surface area contributed by atoms with Gasteiger partial charge in [0.15, 0.2) is 6.61 Å². The molecule has 1 aliphatic carbocycles. The second-order valence-electron chi connectivity index (χ2n) is 7.41. The van der Waals surface area contributed by atoms with Gasteiger partial charge in [0.1, 0.15) is 0 Å². The van der Waals surface area contributed by atoms with Crippen molar-refractivity contribution in [3.05, 3.63) is 29.8 Å². The van der Waals surface area contributed by atoms with Gasteiger partial charge in [-0.05, 0) is 30.9 Å². The van der Waals surface area contributed by atoms with Crippen molar-refractivity contribution in [3.63, 3.8) is 0 Å². The second kappa shape index (κ2) is 9.02. The predicted octanol–water partition coefficient (Wildman–Crippen LogP) is 2.91. The highest BCUT2D eigenvalue weighted by atomic mass is 16.5. The van der Waals surface area contributed by atoms with E-state index in [9.17, 15) is 14.4 Å². The number of esters is 1. The molecule has 1 heterocycles. The van der Waals surface area contributed by atoms with E-state index in [1.165, 1.54) is 6.42 Å². The minimum atomic E-state index is -0.463. The van der Waals surface area contributed by atoms with E-state index in [1.54, 1.807) is 0 Å². The summed E-state index contributed by atoms with van der Waals surface area (Å²) in [4.78, 5) is 38.6. The van der Waals surface area contributed by atoms with E-state index in [-0.39, 0.29) is 30.9 Å². The lowest BCUT2D eigenvalue weighted by Crippen LogP contribution is -2.38. The predicted molar refractivity (Wildman–Crippen MR) is 102 cm³/mol. The van der Waals surface area contributed by atoms with Crippen LogP contribution >= 0.6 is 0 Å². The fourth-order valence-corrected chi connectivity index (χ4v) is 4.03. The molecule has 0 unspecified atom stereocenters. The molecule has 0 radical (unpaired) electrons. The van der Waals surface area contributed by atoms with E-state index >= 15 is 0 Å². The molecular weight excluding hydrogens is 344 g/mol. The zero-order valence-electron chi connectivity index (χ0n) is 15.9. The first-order valence-corrected chi connectivity index (χ1v) is 9.92. The van der Waals surface area contributed by atoms with Crippen LogP contribution < -0.4 is 5.32 Å². The highest BCUT2D eigenvalue weighted by Gasteiger charge is 2.39. The van der Waals surface area contributed by atoms with E-state index in [2.05, 4.69) is 5.32 Å². The van der Waals surface area contributed by atoms with Crippen molar-refractivity contribution in [2.24, 2.45) is 5.92 Å². The fourth-order valence-electron chi connectivity index (χ4n) is 4.03. The maximum absolute atomic E-state index is 12.3. The van der Waals surface area contributed by atoms with Gasteiger partial charge >= 0.3 is 5.97 Å². The van der Waals surface area contributed by atoms with Gasteiger partial charge < -0.3 is 15.0 Å². The molecule has 0 spiro atoms. The van der Waals surface area contributed by atoms with Gasteiger partial charge in [0.25, 0.3) is 5.91 Å². The molecule has 0 bridgehead atoms. The molecule has 6 nitrogen and oxygen atoms in total. The van der Waals surface area contributed by atoms with Crippen molar-refractivity contribution in [3.8, 4) is 0 Å². The van der Waals surface area contributed by atoms with Crippen molar-refractivity contribution < 1.29 is 19.1 Å². The normalized spacial score (nSPS) is 20.6. The fraction of sp³-hybridized carbons (Fsp3) is 0.571. The van der Waals surface area contributed by atoms with E-state index < -0.39 is 11.9 Å². The molecule has 1 aliphatic heterocycles. The van der Waals surface area contributed by atoms with Gasteiger partial charge in [-0.1, -0.05) is 44.4 Å². The number of carbonyl (C=O) groups is 3. The summed E-state index contributed by atoms with van der Waals surface area (Å²) in [6, 6.07) is 7.81. The first-order valence-electron chi connectivity index (χ1n) is 9.92. The highest BCUT2D eigenvalue weighted by Crippen LogP contribution is 2.29. The van der Waals surface area contributed by atoms with Gasteiger partial charge in [-0.25, -0.2) is 0 Å². The zero-order valence-corrected chi connectivity index (χ0v) is 15.9. The number of amides is 2. The molecule has 1 aromatic carbocycles. The van der Waals surface area contributed by atoms with Crippen molar-refractivity contribution in [2.45, 2.75) is 57.9 Å². The van der Waals surface area contributed by atoms with Crippen LogP contribution in [-0.4, -0.2) is 41.9 Å². The third-order valence-electron chi connectivity index (χ3n) is 5.53. The zero-order chi connectivity index (χ0) is 19.2. The highest BCUT2D eigenvalue weighted by molar-refractivity contribution is 5.94. The topological polar surface area (TPSA) is 75.7 Å². The molecular formula is C21H28N2O4. The van der Waals surface area contributed by atoms with E-state index in [0.717, 1.165) is 43.4 Å². The smallest absolute Gasteiger partial charge is 0.311 e. The SMILES string of the molecule is CCc1ccccc1NC(=O)COC(=O)[C@@H]1CC(=O)N(C2CCCCC2)C1. The van der Waals surface area contributed by atoms with E-state index in [1.807, 2.05) is 36.1 Å². The van der Waals surface area contributed by atoms with Crippen LogP contribution in [0.2, 0.25) is 0 Å². The van der Waals surface area contributed by atoms with Crippen LogP contribution in [-0.2, 0) is 25.5 Å². The Morgan fingerprint density at radius 3 is 2.67 bits per heavy atom. The van der Waals surface area contributed by atoms with Crippen LogP contribution in [0.4, 0.5) is 5.69 Å². The van der Waals surface area contributed by atoms with Gasteiger partial charge in [-0.3, -0.25) is 14.4 Å². The lowest BCUT2D eigenvalue weighted by molar-refractivity contribution is -0.151. The Kier molecular flexibility index (Phi) is 6.48. The second-order valence-corrected chi connectivity index (χ2v) is 7.41. The Morgan fingerprint density at radius 1 is 1.19 bits per heavy atom. The molecule has 2 fully saturated rings. The molecule has 1 saturated carbocycles. The molecule has 3 rings (SSSR count). The summed E-state index contributed by atoms with van der Waals surface area (Å²) in [5.41, 5.74) is 1.77. The average Bonchev–Trinajstić information content (AvgIpc) is 3.09. The maximum Gasteiger partial charge on any atom is 0.311 e. The molecule has 0 aromatic heterocycles. The lowest BCUT2D eigenvalue weighted by atomic mass is 9.94. The summed E-state index contributed by atoms with van der Waals surface area (Å²) >= 11 is 0. The number of ether oxygens (including phenoxy) is 1. The van der Waals surface area contributed by atoms with Gasteiger partial charge in [0.2, 0.25) is 5.91 Å². The molecule has 1 saturated heterocycles. The van der Waals surface area contributed by atoms with E-state index in [0.29, 0.717) is 6.54 Å². The quantitative estimate of drug-likeness (QED) is 0.779. The van der Waals surface area contributed by atoms with Crippen LogP contribution in [0, 0.1) is 5.92 Å². The molecule has 27 heavy (non-hydrogen) atoms. The molecule has 146 valence electrons. The molecule has 1 aromatic rings. The minimum Gasteiger partial charge on any atom is -0.455 e. The van der Waals surface area contributed by atoms with Gasteiger partial charge in [0.05, 0.1) is 5.92 Å². The Morgan fingerprint density at radius 2 is 1.93 bits per heavy atom. The summed E-state index contributed by atoms with van der Waals surface area (Å²) in [7, 11) is 0. The summed E-state index contributed by atoms with van der Waals surface area (Å²) in [6.07, 6.45) is 6.54. The number of nitrogens with one attached hydrogen (secondary N) is 1. The van der Waals surface area contributed by atoms with Crippen molar-refractivity contribution in [1.82, 2.24) is 4.90 Å². The molecule has 2 aliphatic rings. The van der Waals surface area contributed by atoms with Crippen LogP contribution in [0.15, 0.2) is 24.3 Å². The third kappa shape index (κ3) is 4.87. The number of anilines is 1. The van der Waals surface area contributed by atoms with Crippen molar-refractivity contribution in [1.29, 1.82) is 0 Å². The van der Waals surface area contributed by atoms with Gasteiger partial charge in [-0.15, -0.1) is 0 Å². The number of benzene rings is 1. The average molecular weight is 372 g/mol. The summed E-state index contributed by atoms with van der Waals surface area (Å²) in [5, 5.41) is 2.78.